The van der Waals surface area contributed by atoms with E-state index in [0.29, 0.717) is 0 Å². The molecule has 2 aromatic rings. The highest BCUT2D eigenvalue weighted by atomic mass is 79.9. The summed E-state index contributed by atoms with van der Waals surface area (Å²) in [5.74, 6) is 0. The molecule has 0 saturated heterocycles. The number of halogens is 1. The van der Waals surface area contributed by atoms with Gasteiger partial charge in [0.15, 0.2) is 0 Å². The lowest BCUT2D eigenvalue weighted by molar-refractivity contribution is 0.581. The highest BCUT2D eigenvalue weighted by Gasteiger charge is 2.28. The van der Waals surface area contributed by atoms with Crippen LogP contribution in [-0.2, 0) is 16.4 Å². The molecule has 0 saturated carbocycles. The maximum absolute atomic E-state index is 12.6. The van der Waals surface area contributed by atoms with E-state index in [1.54, 1.807) is 35.9 Å². The molecule has 102 valence electrons. The van der Waals surface area contributed by atoms with Gasteiger partial charge < -0.3 is 0 Å². The number of rotatable bonds is 6. The van der Waals surface area contributed by atoms with E-state index in [4.69, 9.17) is 0 Å². The van der Waals surface area contributed by atoms with Crippen molar-refractivity contribution < 1.29 is 8.42 Å². The third-order valence-corrected chi connectivity index (χ3v) is 6.13. The summed E-state index contributed by atoms with van der Waals surface area (Å²) in [4.78, 5) is 1.08. The first-order valence-corrected chi connectivity index (χ1v) is 9.24. The number of alkyl halides is 1. The quantitative estimate of drug-likeness (QED) is 0.583. The molecule has 0 radical (unpaired) electrons. The highest BCUT2D eigenvalue weighted by molar-refractivity contribution is 9.09. The Balaban J connectivity index is 2.45. The van der Waals surface area contributed by atoms with E-state index >= 15 is 0 Å². The SMILES string of the molecule is C=CC(c1ccsc1CCBr)S(=O)(=O)n1cccc1. The van der Waals surface area contributed by atoms with Gasteiger partial charge in [-0.2, -0.15) is 0 Å². The molecular formula is C13H14BrNO2S2. The van der Waals surface area contributed by atoms with Gasteiger partial charge in [0.25, 0.3) is 0 Å². The summed E-state index contributed by atoms with van der Waals surface area (Å²) in [7, 11) is -3.48. The first kappa shape index (κ1) is 14.6. The standard InChI is InChI=1S/C13H14BrNO2S2/c1-2-13(11-6-10-18-12(11)5-7-14)19(16,17)15-8-3-4-9-15/h2-4,6,8-10,13H,1,5,7H2. The molecule has 2 aromatic heterocycles. The lowest BCUT2D eigenvalue weighted by atomic mass is 10.1. The van der Waals surface area contributed by atoms with Crippen LogP contribution in [0.2, 0.25) is 0 Å². The van der Waals surface area contributed by atoms with Crippen molar-refractivity contribution in [3.63, 3.8) is 0 Å². The van der Waals surface area contributed by atoms with Crippen molar-refractivity contribution in [3.05, 3.63) is 59.1 Å². The second-order valence-corrected chi connectivity index (χ2v) is 7.71. The summed E-state index contributed by atoms with van der Waals surface area (Å²) in [6.07, 6.45) is 5.40. The molecule has 0 bridgehead atoms. The Morgan fingerprint density at radius 2 is 2.11 bits per heavy atom. The number of aryl methyl sites for hydroxylation is 1. The molecule has 0 amide bonds. The van der Waals surface area contributed by atoms with Crippen LogP contribution in [-0.4, -0.2) is 17.7 Å². The molecular weight excluding hydrogens is 346 g/mol. The fourth-order valence-corrected chi connectivity index (χ4v) is 5.11. The van der Waals surface area contributed by atoms with Gasteiger partial charge in [-0.05, 0) is 35.6 Å². The van der Waals surface area contributed by atoms with Crippen molar-refractivity contribution in [3.8, 4) is 0 Å². The van der Waals surface area contributed by atoms with Gasteiger partial charge in [-0.15, -0.1) is 17.9 Å². The zero-order valence-electron chi connectivity index (χ0n) is 10.2. The Kier molecular flexibility index (Phi) is 4.65. The fourth-order valence-electron chi connectivity index (χ4n) is 1.92. The zero-order valence-corrected chi connectivity index (χ0v) is 13.4. The molecule has 0 aliphatic heterocycles. The highest BCUT2D eigenvalue weighted by Crippen LogP contribution is 2.32. The number of hydrogen-bond donors (Lipinski definition) is 0. The molecule has 0 aromatic carbocycles. The summed E-state index contributed by atoms with van der Waals surface area (Å²) in [5, 5.41) is 2.03. The van der Waals surface area contributed by atoms with Crippen molar-refractivity contribution in [2.24, 2.45) is 0 Å². The van der Waals surface area contributed by atoms with Crippen LogP contribution in [0.25, 0.3) is 0 Å². The lowest BCUT2D eigenvalue weighted by Gasteiger charge is -2.15. The maximum atomic E-state index is 12.6. The molecule has 19 heavy (non-hydrogen) atoms. The van der Waals surface area contributed by atoms with Crippen molar-refractivity contribution in [1.29, 1.82) is 0 Å². The van der Waals surface area contributed by atoms with Gasteiger partial charge >= 0.3 is 0 Å². The number of hydrogen-bond acceptors (Lipinski definition) is 3. The van der Waals surface area contributed by atoms with Gasteiger partial charge in [-0.25, -0.2) is 8.42 Å². The Hall–Kier alpha value is -0.850. The smallest absolute Gasteiger partial charge is 0.249 e. The van der Waals surface area contributed by atoms with Crippen molar-refractivity contribution in [2.45, 2.75) is 11.7 Å². The third-order valence-electron chi connectivity index (χ3n) is 2.81. The molecule has 0 N–H and O–H groups in total. The molecule has 1 unspecified atom stereocenters. The normalized spacial score (nSPS) is 13.3. The molecule has 0 aliphatic carbocycles. The van der Waals surface area contributed by atoms with Crippen LogP contribution in [0.3, 0.4) is 0 Å². The number of aromatic nitrogens is 1. The lowest BCUT2D eigenvalue weighted by Crippen LogP contribution is -2.19. The van der Waals surface area contributed by atoms with E-state index in [1.165, 1.54) is 10.0 Å². The topological polar surface area (TPSA) is 39.1 Å². The Bertz CT molecular complexity index is 644. The summed E-state index contributed by atoms with van der Waals surface area (Å²) in [6.45, 7) is 3.69. The Labute approximate surface area is 125 Å². The van der Waals surface area contributed by atoms with Crippen molar-refractivity contribution >= 4 is 37.3 Å². The van der Waals surface area contributed by atoms with Gasteiger partial charge in [-0.1, -0.05) is 22.0 Å². The summed E-state index contributed by atoms with van der Waals surface area (Å²) >= 11 is 4.97. The van der Waals surface area contributed by atoms with Crippen molar-refractivity contribution in [2.75, 3.05) is 5.33 Å². The average Bonchev–Trinajstić information content (AvgIpc) is 3.02. The van der Waals surface area contributed by atoms with Gasteiger partial charge in [0.05, 0.1) is 0 Å². The minimum atomic E-state index is -3.48. The predicted molar refractivity (Wildman–Crippen MR) is 83.5 cm³/mol. The van der Waals surface area contributed by atoms with Crippen LogP contribution in [0.15, 0.2) is 48.6 Å². The molecule has 0 fully saturated rings. The predicted octanol–water partition coefficient (Wildman–Crippen LogP) is 3.59. The van der Waals surface area contributed by atoms with E-state index in [9.17, 15) is 8.42 Å². The van der Waals surface area contributed by atoms with Gasteiger partial charge in [0.1, 0.15) is 5.25 Å². The van der Waals surface area contributed by atoms with E-state index in [1.807, 2.05) is 11.4 Å². The Morgan fingerprint density at radius 1 is 1.42 bits per heavy atom. The van der Waals surface area contributed by atoms with E-state index in [2.05, 4.69) is 22.5 Å². The molecule has 0 spiro atoms. The van der Waals surface area contributed by atoms with Crippen LogP contribution in [0.1, 0.15) is 15.7 Å². The Morgan fingerprint density at radius 3 is 2.68 bits per heavy atom. The second kappa shape index (κ2) is 6.07. The van der Waals surface area contributed by atoms with Gasteiger partial charge in [0, 0.05) is 22.6 Å². The average molecular weight is 360 g/mol. The van der Waals surface area contributed by atoms with Crippen LogP contribution in [0.5, 0.6) is 0 Å². The minimum absolute atomic E-state index is 0.708. The minimum Gasteiger partial charge on any atom is -0.252 e. The van der Waals surface area contributed by atoms with Gasteiger partial charge in [0.2, 0.25) is 10.0 Å². The van der Waals surface area contributed by atoms with Crippen LogP contribution in [0.4, 0.5) is 0 Å². The third kappa shape index (κ3) is 2.85. The molecule has 2 rings (SSSR count). The van der Waals surface area contributed by atoms with Crippen LogP contribution >= 0.6 is 27.3 Å². The first-order valence-electron chi connectivity index (χ1n) is 5.73. The summed E-state index contributed by atoms with van der Waals surface area (Å²) in [5.41, 5.74) is 0.827. The van der Waals surface area contributed by atoms with Crippen LogP contribution < -0.4 is 0 Å². The molecule has 0 aliphatic rings. The first-order chi connectivity index (χ1) is 9.11. The second-order valence-electron chi connectivity index (χ2n) is 3.95. The molecule has 3 nitrogen and oxygen atoms in total. The monoisotopic (exact) mass is 359 g/mol. The summed E-state index contributed by atoms with van der Waals surface area (Å²) < 4.78 is 26.4. The van der Waals surface area contributed by atoms with Crippen molar-refractivity contribution in [1.82, 2.24) is 3.97 Å². The van der Waals surface area contributed by atoms with Crippen LogP contribution in [0, 0.1) is 0 Å². The molecule has 2 heterocycles. The zero-order chi connectivity index (χ0) is 13.9. The maximum Gasteiger partial charge on any atom is 0.249 e. The number of thiophene rings is 1. The molecule has 1 atom stereocenters. The largest absolute Gasteiger partial charge is 0.252 e. The molecule has 6 heteroatoms. The van der Waals surface area contributed by atoms with E-state index in [-0.39, 0.29) is 0 Å². The number of nitrogens with zero attached hydrogens (tertiary/aromatic N) is 1. The van der Waals surface area contributed by atoms with E-state index in [0.717, 1.165) is 22.2 Å². The van der Waals surface area contributed by atoms with Gasteiger partial charge in [-0.3, -0.25) is 3.97 Å². The van der Waals surface area contributed by atoms with E-state index < -0.39 is 15.3 Å². The summed E-state index contributed by atoms with van der Waals surface area (Å²) in [6, 6.07) is 5.27. The fraction of sp³-hybridized carbons (Fsp3) is 0.231.